The van der Waals surface area contributed by atoms with Gasteiger partial charge in [-0.25, -0.2) is 15.0 Å². The predicted molar refractivity (Wildman–Crippen MR) is 177 cm³/mol. The third kappa shape index (κ3) is 9.11. The maximum Gasteiger partial charge on any atom is 0.695 e. The van der Waals surface area contributed by atoms with Crippen LogP contribution in [-0.2, 0) is 44.0 Å². The van der Waals surface area contributed by atoms with Gasteiger partial charge in [0.05, 0.1) is 44.7 Å². The van der Waals surface area contributed by atoms with E-state index >= 15 is 0 Å². The van der Waals surface area contributed by atoms with E-state index in [0.717, 1.165) is 0 Å². The van der Waals surface area contributed by atoms with E-state index in [-0.39, 0.29) is 61.6 Å². The summed E-state index contributed by atoms with van der Waals surface area (Å²) in [5, 5.41) is 21.9. The van der Waals surface area contributed by atoms with Crippen LogP contribution >= 0.6 is 15.0 Å². The Morgan fingerprint density at radius 2 is 2.14 bits per heavy atom. The number of anilines is 1. The highest BCUT2D eigenvalue weighted by Crippen LogP contribution is 2.56. The van der Waals surface area contributed by atoms with Gasteiger partial charge in [-0.1, -0.05) is 20.8 Å². The number of carbonyl (C=O) groups is 1. The van der Waals surface area contributed by atoms with E-state index < -0.39 is 63.0 Å². The Labute approximate surface area is 291 Å². The number of aromatic amines is 1. The van der Waals surface area contributed by atoms with E-state index in [4.69, 9.17) is 39.4 Å². The molecule has 270 valence electrons. The van der Waals surface area contributed by atoms with Crippen molar-refractivity contribution >= 4 is 49.8 Å². The van der Waals surface area contributed by atoms with E-state index in [1.165, 1.54) is 23.4 Å². The number of fused-ring (bicyclic) bond motifs is 1. The van der Waals surface area contributed by atoms with E-state index in [1.807, 2.05) is 6.07 Å². The van der Waals surface area contributed by atoms with Gasteiger partial charge in [0.2, 0.25) is 17.7 Å². The van der Waals surface area contributed by atoms with Crippen molar-refractivity contribution in [2.75, 3.05) is 25.1 Å². The zero-order valence-corrected chi connectivity index (χ0v) is 29.8. The van der Waals surface area contributed by atoms with Crippen LogP contribution in [0, 0.1) is 29.1 Å². The Balaban J connectivity index is 1.40. The molecule has 22 heteroatoms. The first-order valence-corrected chi connectivity index (χ1v) is 19.3. The third-order valence-electron chi connectivity index (χ3n) is 8.17. The van der Waals surface area contributed by atoms with Gasteiger partial charge in [0.15, 0.2) is 17.4 Å². The lowest BCUT2D eigenvalue weighted by Crippen LogP contribution is -2.29. The summed E-state index contributed by atoms with van der Waals surface area (Å²) in [4.78, 5) is 53.8. The summed E-state index contributed by atoms with van der Waals surface area (Å²) in [5.74, 6) is -1.53. The topological polar surface area (TPSA) is 255 Å². The molecule has 1 saturated heterocycles. The number of hydrogen-bond donors (Lipinski definition) is 4. The standard InChI is InChI=1S/C28H36N8O11P2S/c1-15(2)25(38)34-28-33-24-22(26(39)35-28)32-14-36(24)27-23(16(3)20(11-37)45-27)47-49(50,42-8-4-6-29)43-12-17-9-18(10-19(17)46-48(40)41)44-21-5-7-30-13-31-21/h5,7,13-20,23,27,37H,4,8-12H2,1-3H3,(H2-,33,34,35,38,39,40,41)/p+1/t16-,17-,18-,19+,20-,23-,27-,49?/m1/s1. The number of nitrogens with zero attached hydrogens (tertiary/aromatic N) is 6. The van der Waals surface area contributed by atoms with Gasteiger partial charge in [-0.2, -0.15) is 10.2 Å². The lowest BCUT2D eigenvalue weighted by atomic mass is 10.0. The summed E-state index contributed by atoms with van der Waals surface area (Å²) in [6.07, 6.45) is 0.826. The predicted octanol–water partition coefficient (Wildman–Crippen LogP) is 2.48. The molecule has 0 aromatic carbocycles. The minimum atomic E-state index is -3.73. The fourth-order valence-electron chi connectivity index (χ4n) is 5.58. The summed E-state index contributed by atoms with van der Waals surface area (Å²) in [6, 6.07) is 3.57. The molecule has 0 radical (unpaired) electrons. The van der Waals surface area contributed by atoms with Gasteiger partial charge in [0, 0.05) is 41.0 Å². The molecule has 9 atom stereocenters. The van der Waals surface area contributed by atoms with Crippen molar-refractivity contribution in [2.45, 2.75) is 70.7 Å². The van der Waals surface area contributed by atoms with Crippen LogP contribution in [-0.4, -0.2) is 89.6 Å². The zero-order chi connectivity index (χ0) is 36.0. The molecule has 0 spiro atoms. The first-order valence-electron chi connectivity index (χ1n) is 15.6. The van der Waals surface area contributed by atoms with Gasteiger partial charge in [-0.05, 0) is 18.2 Å². The lowest BCUT2D eigenvalue weighted by Gasteiger charge is -2.30. The second-order valence-corrected chi connectivity index (χ2v) is 15.6. The van der Waals surface area contributed by atoms with Crippen LogP contribution in [0.25, 0.3) is 11.2 Å². The first kappa shape index (κ1) is 37.9. The molecule has 4 heterocycles. The molecule has 19 nitrogen and oxygen atoms in total. The molecular formula is C28H37N8O11P2S+. The molecule has 0 bridgehead atoms. The van der Waals surface area contributed by atoms with Crippen molar-refractivity contribution in [1.82, 2.24) is 29.5 Å². The van der Waals surface area contributed by atoms with E-state index in [9.17, 15) is 29.4 Å². The molecule has 1 amide bonds. The van der Waals surface area contributed by atoms with Crippen LogP contribution in [0.5, 0.6) is 5.88 Å². The fraction of sp³-hybridized carbons (Fsp3) is 0.607. The van der Waals surface area contributed by atoms with Crippen molar-refractivity contribution < 1.29 is 46.9 Å². The number of aromatic nitrogens is 6. The van der Waals surface area contributed by atoms with Crippen LogP contribution in [0.1, 0.15) is 46.3 Å². The molecular weight excluding hydrogens is 718 g/mol. The molecule has 3 aromatic rings. The normalized spacial score (nSPS) is 26.5. The van der Waals surface area contributed by atoms with E-state index in [0.29, 0.717) is 12.3 Å². The second-order valence-electron chi connectivity index (χ2n) is 11.9. The SMILES string of the molecule is CC(C)C(=O)Nc1nc2c(ncn2[C@@H]2O[C@H](CO)[C@@H](C)[C@H]2OP(=S)(OCCC#N)OC[C@H]2C[C@@H](Oc3ccncn3)C[C@@H]2O[P+](=O)O)c(=O)[nH]1. The second kappa shape index (κ2) is 16.8. The Kier molecular flexibility index (Phi) is 12.7. The molecule has 4 N–H and O–H groups in total. The van der Waals surface area contributed by atoms with Gasteiger partial charge < -0.3 is 28.2 Å². The lowest BCUT2D eigenvalue weighted by molar-refractivity contribution is -0.118. The molecule has 1 aliphatic heterocycles. The number of nitriles is 1. The van der Waals surface area contributed by atoms with Crippen LogP contribution in [0.3, 0.4) is 0 Å². The number of imidazole rings is 1. The number of nitrogens with one attached hydrogen (secondary N) is 2. The molecule has 2 aliphatic rings. The van der Waals surface area contributed by atoms with Crippen molar-refractivity contribution in [3.05, 3.63) is 35.3 Å². The van der Waals surface area contributed by atoms with Gasteiger partial charge in [-0.3, -0.25) is 24.5 Å². The van der Waals surface area contributed by atoms with Gasteiger partial charge in [0.1, 0.15) is 24.6 Å². The number of rotatable bonds is 16. The first-order chi connectivity index (χ1) is 23.9. The van der Waals surface area contributed by atoms with Crippen molar-refractivity contribution in [3.63, 3.8) is 0 Å². The fourth-order valence-corrected chi connectivity index (χ4v) is 8.25. The van der Waals surface area contributed by atoms with Crippen LogP contribution in [0.15, 0.2) is 29.7 Å². The van der Waals surface area contributed by atoms with Crippen molar-refractivity contribution in [1.29, 1.82) is 5.26 Å². The smallest absolute Gasteiger partial charge is 0.474 e. The highest BCUT2D eigenvalue weighted by molar-refractivity contribution is 8.07. The summed E-state index contributed by atoms with van der Waals surface area (Å²) < 4.78 is 49.1. The molecule has 50 heavy (non-hydrogen) atoms. The van der Waals surface area contributed by atoms with E-state index in [2.05, 4.69) is 30.2 Å². The number of amides is 1. The maximum absolute atomic E-state index is 12.9. The molecule has 3 aromatic heterocycles. The summed E-state index contributed by atoms with van der Waals surface area (Å²) in [7, 11) is -2.95. The highest BCUT2D eigenvalue weighted by atomic mass is 32.5. The summed E-state index contributed by atoms with van der Waals surface area (Å²) in [6.45, 7) is 0.771. The average Bonchev–Trinajstić information content (AvgIpc) is 3.75. The van der Waals surface area contributed by atoms with Gasteiger partial charge in [0.25, 0.3) is 5.56 Å². The van der Waals surface area contributed by atoms with Crippen molar-refractivity contribution in [3.8, 4) is 11.9 Å². The Hall–Kier alpha value is -3.34. The molecule has 1 saturated carbocycles. The summed E-state index contributed by atoms with van der Waals surface area (Å²) in [5.41, 5.74) is -0.580. The number of H-pyrrole nitrogens is 1. The maximum atomic E-state index is 12.9. The quantitative estimate of drug-likeness (QED) is 0.121. The van der Waals surface area contributed by atoms with Crippen LogP contribution < -0.4 is 15.6 Å². The summed E-state index contributed by atoms with van der Waals surface area (Å²) >= 11 is 5.84. The Morgan fingerprint density at radius 1 is 1.34 bits per heavy atom. The number of aliphatic hydroxyl groups excluding tert-OH is 1. The minimum absolute atomic E-state index is 0.0246. The Bertz CT molecular complexity index is 1810. The minimum Gasteiger partial charge on any atom is -0.474 e. The third-order valence-corrected chi connectivity index (χ3v) is 11.0. The van der Waals surface area contributed by atoms with Gasteiger partial charge in [-0.15, -0.1) is 9.42 Å². The molecule has 5 rings (SSSR count). The largest absolute Gasteiger partial charge is 0.695 e. The Morgan fingerprint density at radius 3 is 2.82 bits per heavy atom. The highest BCUT2D eigenvalue weighted by Gasteiger charge is 2.48. The zero-order valence-electron chi connectivity index (χ0n) is 27.2. The van der Waals surface area contributed by atoms with Crippen molar-refractivity contribution in [2.24, 2.45) is 17.8 Å². The number of aliphatic hydroxyl groups is 1. The van der Waals surface area contributed by atoms with Crippen LogP contribution in [0.2, 0.25) is 0 Å². The molecule has 1 aliphatic carbocycles. The van der Waals surface area contributed by atoms with Gasteiger partial charge >= 0.3 is 15.0 Å². The average molecular weight is 756 g/mol. The number of ether oxygens (including phenoxy) is 2. The monoisotopic (exact) mass is 755 g/mol. The molecule has 2 unspecified atom stereocenters. The molecule has 2 fully saturated rings. The van der Waals surface area contributed by atoms with Crippen LogP contribution in [0.4, 0.5) is 5.95 Å². The van der Waals surface area contributed by atoms with E-state index in [1.54, 1.807) is 26.8 Å². The number of carbonyl (C=O) groups excluding carboxylic acids is 1. The number of hydrogen-bond acceptors (Lipinski definition) is 16.